The number of ether oxygens (including phenoxy) is 2. The molecule has 0 bridgehead atoms. The fraction of sp³-hybridized carbons (Fsp3) is 0.267. The van der Waals surface area contributed by atoms with E-state index < -0.39 is 12.0 Å². The number of hydrogen-bond acceptors (Lipinski definition) is 7. The number of nitrogens with zero attached hydrogens (tertiary/aromatic N) is 2. The molecule has 2 heterocycles. The lowest BCUT2D eigenvalue weighted by Crippen LogP contribution is -2.38. The van der Waals surface area contributed by atoms with Crippen LogP contribution in [0.3, 0.4) is 0 Å². The van der Waals surface area contributed by atoms with E-state index in [2.05, 4.69) is 10.3 Å². The highest BCUT2D eigenvalue weighted by Crippen LogP contribution is 2.48. The molecule has 2 aromatic carbocycles. The molecule has 0 spiro atoms. The molecular formula is C30H29N3O6. The molecule has 1 amide bonds. The third kappa shape index (κ3) is 5.07. The van der Waals surface area contributed by atoms with Gasteiger partial charge in [0.15, 0.2) is 17.3 Å². The van der Waals surface area contributed by atoms with Crippen molar-refractivity contribution < 1.29 is 29.0 Å². The Morgan fingerprint density at radius 1 is 1.00 bits per heavy atom. The summed E-state index contributed by atoms with van der Waals surface area (Å²) >= 11 is 0. The van der Waals surface area contributed by atoms with Crippen LogP contribution in [0.2, 0.25) is 0 Å². The van der Waals surface area contributed by atoms with Crippen molar-refractivity contribution in [2.75, 3.05) is 24.4 Å². The highest BCUT2D eigenvalue weighted by Gasteiger charge is 2.41. The zero-order valence-electron chi connectivity index (χ0n) is 21.7. The van der Waals surface area contributed by atoms with Crippen LogP contribution in [0.15, 0.2) is 78.3 Å². The van der Waals surface area contributed by atoms with Crippen molar-refractivity contribution >= 4 is 29.0 Å². The molecule has 0 saturated heterocycles. The first-order valence-electron chi connectivity index (χ1n) is 12.7. The fourth-order valence-corrected chi connectivity index (χ4v) is 5.40. The van der Waals surface area contributed by atoms with Crippen LogP contribution in [0.25, 0.3) is 0 Å². The molecule has 9 nitrogen and oxygen atoms in total. The highest BCUT2D eigenvalue weighted by atomic mass is 16.5. The molecule has 0 saturated carbocycles. The topological polar surface area (TPSA) is 118 Å². The summed E-state index contributed by atoms with van der Waals surface area (Å²) in [5.41, 5.74) is 4.07. The van der Waals surface area contributed by atoms with Crippen LogP contribution in [0, 0.1) is 0 Å². The van der Waals surface area contributed by atoms with Gasteiger partial charge in [0, 0.05) is 36.5 Å². The van der Waals surface area contributed by atoms with Gasteiger partial charge in [-0.25, -0.2) is 0 Å². The number of ketones is 1. The van der Waals surface area contributed by atoms with E-state index in [0.717, 1.165) is 11.3 Å². The smallest absolute Gasteiger partial charge is 0.303 e. The Balaban J connectivity index is 1.64. The molecule has 200 valence electrons. The number of benzene rings is 2. The van der Waals surface area contributed by atoms with Gasteiger partial charge in [-0.2, -0.15) is 0 Å². The number of carbonyl (C=O) groups is 3. The third-order valence-corrected chi connectivity index (χ3v) is 7.19. The molecule has 1 aliphatic heterocycles. The Hall–Kier alpha value is -4.66. The van der Waals surface area contributed by atoms with Gasteiger partial charge < -0.3 is 19.9 Å². The average molecular weight is 528 g/mol. The lowest BCUT2D eigenvalue weighted by Gasteiger charge is -2.35. The molecule has 0 radical (unpaired) electrons. The number of aliphatic carboxylic acids is 1. The summed E-state index contributed by atoms with van der Waals surface area (Å²) in [5.74, 6) is -0.472. The monoisotopic (exact) mass is 527 g/mol. The first-order chi connectivity index (χ1) is 18.9. The first-order valence-corrected chi connectivity index (χ1v) is 12.7. The Morgan fingerprint density at radius 3 is 2.51 bits per heavy atom. The number of Topliss-reactive ketones (excluding diaryl/α,β-unsaturated/α-hetero) is 1. The molecule has 2 N–H and O–H groups in total. The fourth-order valence-electron chi connectivity index (χ4n) is 5.40. The number of methoxy groups -OCH3 is 2. The lowest BCUT2D eigenvalue weighted by atomic mass is 9.78. The summed E-state index contributed by atoms with van der Waals surface area (Å²) in [6.07, 6.45) is 3.53. The van der Waals surface area contributed by atoms with Gasteiger partial charge in [0.25, 0.3) is 0 Å². The largest absolute Gasteiger partial charge is 0.493 e. The summed E-state index contributed by atoms with van der Waals surface area (Å²) < 4.78 is 10.9. The Labute approximate surface area is 226 Å². The maximum absolute atomic E-state index is 14.0. The van der Waals surface area contributed by atoms with Gasteiger partial charge in [-0.1, -0.05) is 24.3 Å². The second kappa shape index (κ2) is 11.0. The van der Waals surface area contributed by atoms with Crippen LogP contribution >= 0.6 is 0 Å². The van der Waals surface area contributed by atoms with E-state index in [1.54, 1.807) is 43.6 Å². The van der Waals surface area contributed by atoms with Crippen molar-refractivity contribution in [3.63, 3.8) is 0 Å². The van der Waals surface area contributed by atoms with Crippen LogP contribution in [-0.2, 0) is 14.4 Å². The van der Waals surface area contributed by atoms with Crippen LogP contribution in [0.5, 0.6) is 11.5 Å². The van der Waals surface area contributed by atoms with Crippen molar-refractivity contribution in [1.29, 1.82) is 0 Å². The maximum atomic E-state index is 14.0. The molecule has 39 heavy (non-hydrogen) atoms. The number of fused-ring (bicyclic) bond motifs is 1. The predicted octanol–water partition coefficient (Wildman–Crippen LogP) is 4.86. The molecule has 9 heteroatoms. The van der Waals surface area contributed by atoms with E-state index in [1.807, 2.05) is 42.5 Å². The van der Waals surface area contributed by atoms with Gasteiger partial charge in [-0.3, -0.25) is 24.3 Å². The zero-order chi connectivity index (χ0) is 27.5. The summed E-state index contributed by atoms with van der Waals surface area (Å²) in [5, 5.41) is 12.7. The predicted molar refractivity (Wildman–Crippen MR) is 145 cm³/mol. The van der Waals surface area contributed by atoms with Crippen LogP contribution in [0.4, 0.5) is 11.4 Å². The number of pyridine rings is 1. The van der Waals surface area contributed by atoms with Gasteiger partial charge in [-0.15, -0.1) is 0 Å². The first kappa shape index (κ1) is 26.0. The van der Waals surface area contributed by atoms with Crippen molar-refractivity contribution in [2.45, 2.75) is 37.6 Å². The van der Waals surface area contributed by atoms with Crippen molar-refractivity contribution in [2.24, 2.45) is 0 Å². The Kier molecular flexibility index (Phi) is 7.31. The molecule has 1 aliphatic carbocycles. The van der Waals surface area contributed by atoms with Gasteiger partial charge in [0.05, 0.1) is 38.1 Å². The molecule has 0 fully saturated rings. The normalized spacial score (nSPS) is 18.4. The molecule has 3 aromatic rings. The Bertz CT molecular complexity index is 1450. The second-order valence-electron chi connectivity index (χ2n) is 9.52. The summed E-state index contributed by atoms with van der Waals surface area (Å²) in [6.45, 7) is 0. The Morgan fingerprint density at radius 2 is 1.79 bits per heavy atom. The van der Waals surface area contributed by atoms with Gasteiger partial charge in [-0.05, 0) is 53.8 Å². The standard InChI is InChI=1S/C30H29N3O6/c1-38-25-10-9-18(16-26(25)39-2)20-14-22-29(24(34)15-20)30(19-6-5-13-31-17-19)33(27(35)11-12-28(36)37)23-8-4-3-7-21(23)32-22/h3-10,13,16-17,20,30,32H,11-12,14-15H2,1-2H3,(H,36,37)/t20-,30-/m0/s1. The van der Waals surface area contributed by atoms with E-state index in [-0.39, 0.29) is 36.9 Å². The van der Waals surface area contributed by atoms with Crippen molar-refractivity contribution in [3.8, 4) is 11.5 Å². The maximum Gasteiger partial charge on any atom is 0.303 e. The minimum atomic E-state index is -1.06. The van der Waals surface area contributed by atoms with E-state index in [0.29, 0.717) is 40.4 Å². The van der Waals surface area contributed by atoms with Gasteiger partial charge >= 0.3 is 5.97 Å². The summed E-state index contributed by atoms with van der Waals surface area (Å²) in [4.78, 5) is 44.8. The number of carboxylic acids is 1. The minimum absolute atomic E-state index is 0.0961. The van der Waals surface area contributed by atoms with Crippen LogP contribution in [-0.4, -0.2) is 42.0 Å². The second-order valence-corrected chi connectivity index (χ2v) is 9.52. The van der Waals surface area contributed by atoms with Crippen LogP contribution < -0.4 is 19.7 Å². The number of anilines is 2. The number of hydrogen-bond donors (Lipinski definition) is 2. The summed E-state index contributed by atoms with van der Waals surface area (Å²) in [7, 11) is 3.15. The number of rotatable bonds is 7. The lowest BCUT2D eigenvalue weighted by molar-refractivity contribution is -0.138. The molecule has 1 aromatic heterocycles. The number of allylic oxidation sites excluding steroid dienone is 1. The molecule has 2 aliphatic rings. The molecular weight excluding hydrogens is 498 g/mol. The van der Waals surface area contributed by atoms with Crippen LogP contribution in [0.1, 0.15) is 48.8 Å². The molecule has 2 atom stereocenters. The number of nitrogens with one attached hydrogen (secondary N) is 1. The minimum Gasteiger partial charge on any atom is -0.493 e. The van der Waals surface area contributed by atoms with Gasteiger partial charge in [0.2, 0.25) is 5.91 Å². The average Bonchev–Trinajstić information content (AvgIpc) is 3.10. The number of amides is 1. The van der Waals surface area contributed by atoms with E-state index in [4.69, 9.17) is 9.47 Å². The third-order valence-electron chi connectivity index (χ3n) is 7.19. The molecule has 0 unspecified atom stereocenters. The van der Waals surface area contributed by atoms with E-state index in [1.165, 1.54) is 0 Å². The quantitative estimate of drug-likeness (QED) is 0.447. The van der Waals surface area contributed by atoms with E-state index >= 15 is 0 Å². The molecule has 5 rings (SSSR count). The number of aromatic nitrogens is 1. The van der Waals surface area contributed by atoms with Crippen molar-refractivity contribution in [3.05, 3.63) is 89.4 Å². The number of para-hydroxylation sites is 2. The SMILES string of the molecule is COc1ccc([C@@H]2CC(=O)C3=C(C2)Nc2ccccc2N(C(=O)CCC(=O)O)[C@H]3c2cccnc2)cc1OC. The summed E-state index contributed by atoms with van der Waals surface area (Å²) in [6, 6.07) is 15.8. The zero-order valence-corrected chi connectivity index (χ0v) is 21.7. The van der Waals surface area contributed by atoms with Gasteiger partial charge in [0.1, 0.15) is 0 Å². The van der Waals surface area contributed by atoms with E-state index in [9.17, 15) is 19.5 Å². The van der Waals surface area contributed by atoms with Crippen molar-refractivity contribution in [1.82, 2.24) is 4.98 Å². The highest BCUT2D eigenvalue weighted by molar-refractivity contribution is 6.06. The number of carbonyl (C=O) groups excluding carboxylic acids is 2. The number of carboxylic acid groups (broad SMARTS) is 1.